The number of rotatable bonds is 5. The van der Waals surface area contributed by atoms with E-state index in [-0.39, 0.29) is 29.7 Å². The molecule has 0 aliphatic carbocycles. The van der Waals surface area contributed by atoms with Crippen LogP contribution in [0.5, 0.6) is 0 Å². The fourth-order valence-corrected chi connectivity index (χ4v) is 2.93. The molecule has 0 radical (unpaired) electrons. The molecule has 1 aliphatic heterocycles. The first-order valence-corrected chi connectivity index (χ1v) is 9.72. The van der Waals surface area contributed by atoms with Crippen molar-refractivity contribution in [2.75, 3.05) is 23.7 Å². The summed E-state index contributed by atoms with van der Waals surface area (Å²) in [5, 5.41) is 5.69. The van der Waals surface area contributed by atoms with E-state index >= 15 is 0 Å². The number of carbonyl (C=O) groups excluding carboxylic acids is 3. The topological polar surface area (TPSA) is 87.7 Å². The fraction of sp³-hybridized carbons (Fsp3) is 0.571. The zero-order valence-corrected chi connectivity index (χ0v) is 17.4. The van der Waals surface area contributed by atoms with Crippen LogP contribution in [0.4, 0.5) is 16.2 Å². The molecule has 2 N–H and O–H groups in total. The largest absolute Gasteiger partial charge is 0.444 e. The lowest BCUT2D eigenvalue weighted by molar-refractivity contribution is -0.119. The maximum Gasteiger partial charge on any atom is 0.410 e. The van der Waals surface area contributed by atoms with E-state index < -0.39 is 5.60 Å². The molecule has 0 unspecified atom stereocenters. The first-order chi connectivity index (χ1) is 13.0. The summed E-state index contributed by atoms with van der Waals surface area (Å²) in [6.07, 6.45) is 0.781. The van der Waals surface area contributed by atoms with Gasteiger partial charge in [-0.05, 0) is 51.3 Å². The Bertz CT molecular complexity index is 725. The average Bonchev–Trinajstić information content (AvgIpc) is 3.02. The molecular weight excluding hydrogens is 358 g/mol. The fourth-order valence-electron chi connectivity index (χ4n) is 2.93. The molecule has 1 saturated heterocycles. The highest BCUT2D eigenvalue weighted by Gasteiger charge is 2.30. The molecule has 3 amide bonds. The Morgan fingerprint density at radius 2 is 1.82 bits per heavy atom. The molecule has 1 atom stereocenters. The number of carbonyl (C=O) groups is 3. The predicted octanol–water partition coefficient (Wildman–Crippen LogP) is 3.87. The molecule has 2 rings (SSSR count). The van der Waals surface area contributed by atoms with Crippen molar-refractivity contribution in [3.8, 4) is 0 Å². The van der Waals surface area contributed by atoms with Crippen molar-refractivity contribution in [1.82, 2.24) is 4.90 Å². The Labute approximate surface area is 166 Å². The molecule has 1 aromatic rings. The van der Waals surface area contributed by atoms with Crippen LogP contribution < -0.4 is 10.6 Å². The van der Waals surface area contributed by atoms with Crippen LogP contribution >= 0.6 is 0 Å². The van der Waals surface area contributed by atoms with Crippen molar-refractivity contribution in [2.24, 2.45) is 11.8 Å². The van der Waals surface area contributed by atoms with Crippen LogP contribution in [0.3, 0.4) is 0 Å². The predicted molar refractivity (Wildman–Crippen MR) is 109 cm³/mol. The van der Waals surface area contributed by atoms with E-state index in [1.54, 1.807) is 29.2 Å². The molecular formula is C21H31N3O4. The number of hydrogen-bond acceptors (Lipinski definition) is 4. The quantitative estimate of drug-likeness (QED) is 0.800. The first-order valence-electron chi connectivity index (χ1n) is 9.72. The third kappa shape index (κ3) is 6.87. The third-order valence-corrected chi connectivity index (χ3v) is 4.35. The number of amides is 3. The highest BCUT2D eigenvalue weighted by molar-refractivity contribution is 5.94. The van der Waals surface area contributed by atoms with E-state index in [0.717, 1.165) is 6.42 Å². The third-order valence-electron chi connectivity index (χ3n) is 4.35. The number of likely N-dealkylation sites (tertiary alicyclic amines) is 1. The van der Waals surface area contributed by atoms with Crippen LogP contribution in [-0.2, 0) is 14.3 Å². The second-order valence-electron chi connectivity index (χ2n) is 8.56. The van der Waals surface area contributed by atoms with Gasteiger partial charge in [0.2, 0.25) is 11.8 Å². The lowest BCUT2D eigenvalue weighted by Crippen LogP contribution is -2.35. The summed E-state index contributed by atoms with van der Waals surface area (Å²) in [4.78, 5) is 38.0. The van der Waals surface area contributed by atoms with Gasteiger partial charge in [-0.1, -0.05) is 19.9 Å². The molecule has 1 aliphatic rings. The van der Waals surface area contributed by atoms with Crippen LogP contribution in [-0.4, -0.2) is 41.5 Å². The van der Waals surface area contributed by atoms with Gasteiger partial charge >= 0.3 is 6.09 Å². The van der Waals surface area contributed by atoms with Crippen LogP contribution in [0.2, 0.25) is 0 Å². The van der Waals surface area contributed by atoms with E-state index in [1.165, 1.54) is 0 Å². The van der Waals surface area contributed by atoms with Crippen molar-refractivity contribution in [3.63, 3.8) is 0 Å². The Kier molecular flexibility index (Phi) is 7.05. The van der Waals surface area contributed by atoms with Crippen molar-refractivity contribution >= 4 is 29.3 Å². The van der Waals surface area contributed by atoms with Gasteiger partial charge < -0.3 is 20.3 Å². The molecule has 1 fully saturated rings. The van der Waals surface area contributed by atoms with Crippen molar-refractivity contribution in [1.29, 1.82) is 0 Å². The van der Waals surface area contributed by atoms with Gasteiger partial charge in [-0.15, -0.1) is 0 Å². The standard InChI is InChI=1S/C21H31N3O4/c1-14(2)19(26)23-17-8-6-7-16(12-17)22-18(25)11-15-9-10-24(13-15)20(27)28-21(3,4)5/h6-8,12,14-15H,9-11,13H2,1-5H3,(H,22,25)(H,23,26)/t15-/m1/s1. The molecule has 28 heavy (non-hydrogen) atoms. The maximum absolute atomic E-state index is 12.4. The van der Waals surface area contributed by atoms with Gasteiger partial charge in [-0.2, -0.15) is 0 Å². The van der Waals surface area contributed by atoms with Crippen molar-refractivity contribution < 1.29 is 19.1 Å². The molecule has 0 aromatic heterocycles. The Morgan fingerprint density at radius 1 is 1.18 bits per heavy atom. The molecule has 1 aromatic carbocycles. The van der Waals surface area contributed by atoms with Crippen LogP contribution in [0.15, 0.2) is 24.3 Å². The summed E-state index contributed by atoms with van der Waals surface area (Å²) in [5.74, 6) is -0.190. The van der Waals surface area contributed by atoms with E-state index in [2.05, 4.69) is 10.6 Å². The van der Waals surface area contributed by atoms with Gasteiger partial charge in [0.25, 0.3) is 0 Å². The maximum atomic E-state index is 12.4. The SMILES string of the molecule is CC(C)C(=O)Nc1cccc(NC(=O)C[C@H]2CCN(C(=O)OC(C)(C)C)C2)c1. The summed E-state index contributed by atoms with van der Waals surface area (Å²) in [7, 11) is 0. The van der Waals surface area contributed by atoms with Gasteiger partial charge in [0, 0.05) is 36.8 Å². The highest BCUT2D eigenvalue weighted by Crippen LogP contribution is 2.23. The van der Waals surface area contributed by atoms with Gasteiger partial charge in [0.15, 0.2) is 0 Å². The monoisotopic (exact) mass is 389 g/mol. The first kappa shape index (κ1) is 21.7. The second-order valence-corrected chi connectivity index (χ2v) is 8.56. The number of hydrogen-bond donors (Lipinski definition) is 2. The average molecular weight is 389 g/mol. The molecule has 0 saturated carbocycles. The zero-order chi connectivity index (χ0) is 20.9. The van der Waals surface area contributed by atoms with E-state index in [1.807, 2.05) is 34.6 Å². The van der Waals surface area contributed by atoms with Crippen LogP contribution in [0, 0.1) is 11.8 Å². The highest BCUT2D eigenvalue weighted by atomic mass is 16.6. The molecule has 7 nitrogen and oxygen atoms in total. The molecule has 0 bridgehead atoms. The lowest BCUT2D eigenvalue weighted by Gasteiger charge is -2.24. The normalized spacial score (nSPS) is 16.8. The Morgan fingerprint density at radius 3 is 2.43 bits per heavy atom. The summed E-state index contributed by atoms with van der Waals surface area (Å²) in [5.41, 5.74) is 0.754. The van der Waals surface area contributed by atoms with Gasteiger partial charge in [-0.3, -0.25) is 9.59 Å². The molecule has 0 spiro atoms. The number of anilines is 2. The van der Waals surface area contributed by atoms with Crippen LogP contribution in [0.25, 0.3) is 0 Å². The van der Waals surface area contributed by atoms with Gasteiger partial charge in [0.05, 0.1) is 0 Å². The summed E-state index contributed by atoms with van der Waals surface area (Å²) in [6, 6.07) is 7.08. The lowest BCUT2D eigenvalue weighted by atomic mass is 10.0. The number of ether oxygens (including phenoxy) is 1. The smallest absolute Gasteiger partial charge is 0.410 e. The van der Waals surface area contributed by atoms with E-state index in [9.17, 15) is 14.4 Å². The Hall–Kier alpha value is -2.57. The summed E-state index contributed by atoms with van der Waals surface area (Å²) >= 11 is 0. The molecule has 1 heterocycles. The molecule has 7 heteroatoms. The minimum Gasteiger partial charge on any atom is -0.444 e. The number of benzene rings is 1. The van der Waals surface area contributed by atoms with Crippen molar-refractivity contribution in [3.05, 3.63) is 24.3 Å². The number of nitrogens with one attached hydrogen (secondary N) is 2. The summed E-state index contributed by atoms with van der Waals surface area (Å²) < 4.78 is 5.38. The number of nitrogens with zero attached hydrogens (tertiary/aromatic N) is 1. The van der Waals surface area contributed by atoms with Crippen molar-refractivity contribution in [2.45, 2.75) is 53.1 Å². The Balaban J connectivity index is 1.84. The molecule has 154 valence electrons. The van der Waals surface area contributed by atoms with E-state index in [0.29, 0.717) is 30.9 Å². The minimum atomic E-state index is -0.525. The van der Waals surface area contributed by atoms with Gasteiger partial charge in [-0.25, -0.2) is 4.79 Å². The summed E-state index contributed by atoms with van der Waals surface area (Å²) in [6.45, 7) is 10.3. The van der Waals surface area contributed by atoms with Crippen LogP contribution in [0.1, 0.15) is 47.5 Å². The minimum absolute atomic E-state index is 0.0725. The van der Waals surface area contributed by atoms with E-state index in [4.69, 9.17) is 4.74 Å². The van der Waals surface area contributed by atoms with Gasteiger partial charge in [0.1, 0.15) is 5.60 Å². The second kappa shape index (κ2) is 9.08. The zero-order valence-electron chi connectivity index (χ0n) is 17.4.